The normalized spacial score (nSPS) is 28.2. The smallest absolute Gasteiger partial charge is 0.0601 e. The van der Waals surface area contributed by atoms with Gasteiger partial charge in [-0.25, -0.2) is 0 Å². The van der Waals surface area contributed by atoms with Crippen LogP contribution >= 0.6 is 0 Å². The molecule has 0 amide bonds. The number of benzene rings is 1. The maximum absolute atomic E-state index is 5.34. The van der Waals surface area contributed by atoms with Crippen LogP contribution in [-0.2, 0) is 11.3 Å². The Morgan fingerprint density at radius 1 is 1.10 bits per heavy atom. The quantitative estimate of drug-likeness (QED) is 0.892. The van der Waals surface area contributed by atoms with Crippen LogP contribution in [0.15, 0.2) is 30.3 Å². The third-order valence-electron chi connectivity index (χ3n) is 4.74. The van der Waals surface area contributed by atoms with Gasteiger partial charge in [-0.1, -0.05) is 30.3 Å². The summed E-state index contributed by atoms with van der Waals surface area (Å²) in [5.41, 5.74) is 1.43. The number of ether oxygens (including phenoxy) is 1. The first-order chi connectivity index (χ1) is 9.83. The molecule has 2 fully saturated rings. The van der Waals surface area contributed by atoms with Crippen molar-refractivity contribution in [2.45, 2.75) is 50.4 Å². The lowest BCUT2D eigenvalue weighted by Crippen LogP contribution is -2.52. The molecule has 20 heavy (non-hydrogen) atoms. The molecule has 3 heteroatoms. The number of nitrogens with zero attached hydrogens (tertiary/aromatic N) is 1. The lowest BCUT2D eigenvalue weighted by atomic mass is 9.87. The Morgan fingerprint density at radius 3 is 2.45 bits per heavy atom. The monoisotopic (exact) mass is 274 g/mol. The minimum Gasteiger partial charge on any atom is -0.381 e. The molecule has 1 N–H and O–H groups in total. The number of rotatable bonds is 5. The molecular formula is C17H26N2O. The van der Waals surface area contributed by atoms with Crippen molar-refractivity contribution in [1.29, 1.82) is 0 Å². The molecule has 1 saturated heterocycles. The summed E-state index contributed by atoms with van der Waals surface area (Å²) in [5.74, 6) is 0. The summed E-state index contributed by atoms with van der Waals surface area (Å²) in [6, 6.07) is 12.2. The van der Waals surface area contributed by atoms with Gasteiger partial charge in [0.1, 0.15) is 0 Å². The molecule has 0 radical (unpaired) electrons. The highest BCUT2D eigenvalue weighted by Crippen LogP contribution is 2.24. The molecule has 1 saturated carbocycles. The van der Waals surface area contributed by atoms with Crippen molar-refractivity contribution in [1.82, 2.24) is 10.2 Å². The second kappa shape index (κ2) is 6.70. The van der Waals surface area contributed by atoms with Gasteiger partial charge in [0.05, 0.1) is 6.10 Å². The van der Waals surface area contributed by atoms with E-state index < -0.39 is 0 Å². The molecular weight excluding hydrogens is 248 g/mol. The molecule has 1 aromatic rings. The third-order valence-corrected chi connectivity index (χ3v) is 4.74. The van der Waals surface area contributed by atoms with Crippen molar-refractivity contribution < 1.29 is 4.74 Å². The van der Waals surface area contributed by atoms with E-state index in [4.69, 9.17) is 4.74 Å². The van der Waals surface area contributed by atoms with Crippen LogP contribution in [0, 0.1) is 0 Å². The van der Waals surface area contributed by atoms with E-state index in [1.54, 1.807) is 0 Å². The zero-order chi connectivity index (χ0) is 13.8. The minimum absolute atomic E-state index is 0.505. The van der Waals surface area contributed by atoms with Gasteiger partial charge in [-0.3, -0.25) is 4.90 Å². The van der Waals surface area contributed by atoms with Crippen LogP contribution in [0.2, 0.25) is 0 Å². The van der Waals surface area contributed by atoms with Crippen LogP contribution in [-0.4, -0.2) is 43.3 Å². The third kappa shape index (κ3) is 3.60. The Kier molecular flexibility index (Phi) is 4.71. The van der Waals surface area contributed by atoms with Gasteiger partial charge in [0, 0.05) is 25.7 Å². The lowest BCUT2D eigenvalue weighted by molar-refractivity contribution is 0.0112. The summed E-state index contributed by atoms with van der Waals surface area (Å²) in [6.45, 7) is 3.53. The number of hydrogen-bond acceptors (Lipinski definition) is 3. The standard InChI is InChI=1S/C17H26N2O/c1-20-17-11-16(12-17)18-15-7-9-19(10-8-15)13-14-5-3-2-4-6-14/h2-6,15-18H,7-13H2,1H3. The topological polar surface area (TPSA) is 24.5 Å². The predicted octanol–water partition coefficient (Wildman–Crippen LogP) is 2.42. The van der Waals surface area contributed by atoms with Gasteiger partial charge in [-0.15, -0.1) is 0 Å². The molecule has 0 spiro atoms. The summed E-state index contributed by atoms with van der Waals surface area (Å²) in [4.78, 5) is 2.58. The van der Waals surface area contributed by atoms with Gasteiger partial charge >= 0.3 is 0 Å². The van der Waals surface area contributed by atoms with Gasteiger partial charge in [0.2, 0.25) is 0 Å². The lowest BCUT2D eigenvalue weighted by Gasteiger charge is -2.40. The average Bonchev–Trinajstić information content (AvgIpc) is 2.45. The molecule has 3 nitrogen and oxygen atoms in total. The summed E-state index contributed by atoms with van der Waals surface area (Å²) >= 11 is 0. The molecule has 3 rings (SSSR count). The molecule has 0 bridgehead atoms. The number of hydrogen-bond donors (Lipinski definition) is 1. The Bertz CT molecular complexity index is 395. The van der Waals surface area contributed by atoms with E-state index >= 15 is 0 Å². The van der Waals surface area contributed by atoms with Crippen LogP contribution in [0.1, 0.15) is 31.2 Å². The van der Waals surface area contributed by atoms with Crippen LogP contribution in [0.25, 0.3) is 0 Å². The van der Waals surface area contributed by atoms with Crippen molar-refractivity contribution in [3.8, 4) is 0 Å². The van der Waals surface area contributed by atoms with E-state index in [9.17, 15) is 0 Å². The Hall–Kier alpha value is -0.900. The first-order valence-electron chi connectivity index (χ1n) is 7.88. The predicted molar refractivity (Wildman–Crippen MR) is 81.7 cm³/mol. The Morgan fingerprint density at radius 2 is 1.80 bits per heavy atom. The fourth-order valence-electron chi connectivity index (χ4n) is 3.33. The van der Waals surface area contributed by atoms with Gasteiger partial charge < -0.3 is 10.1 Å². The summed E-state index contributed by atoms with van der Waals surface area (Å²) in [5, 5.41) is 3.80. The van der Waals surface area contributed by atoms with Crippen LogP contribution in [0.5, 0.6) is 0 Å². The van der Waals surface area contributed by atoms with Gasteiger partial charge in [0.25, 0.3) is 0 Å². The van der Waals surface area contributed by atoms with Gasteiger partial charge in [-0.05, 0) is 44.3 Å². The van der Waals surface area contributed by atoms with Crippen LogP contribution in [0.3, 0.4) is 0 Å². The number of piperidine rings is 1. The van der Waals surface area contributed by atoms with E-state index in [2.05, 4.69) is 40.5 Å². The highest BCUT2D eigenvalue weighted by Gasteiger charge is 2.31. The molecule has 1 aliphatic heterocycles. The molecule has 1 aromatic carbocycles. The molecule has 1 heterocycles. The molecule has 0 atom stereocenters. The fraction of sp³-hybridized carbons (Fsp3) is 0.647. The second-order valence-electron chi connectivity index (χ2n) is 6.23. The van der Waals surface area contributed by atoms with Crippen molar-refractivity contribution in [3.63, 3.8) is 0 Å². The van der Waals surface area contributed by atoms with E-state index in [1.807, 2.05) is 7.11 Å². The summed E-state index contributed by atoms with van der Waals surface area (Å²) in [7, 11) is 1.82. The molecule has 110 valence electrons. The summed E-state index contributed by atoms with van der Waals surface area (Å²) in [6.07, 6.45) is 5.45. The highest BCUT2D eigenvalue weighted by molar-refractivity contribution is 5.14. The maximum Gasteiger partial charge on any atom is 0.0601 e. The number of methoxy groups -OCH3 is 1. The molecule has 1 aliphatic carbocycles. The first-order valence-corrected chi connectivity index (χ1v) is 7.88. The van der Waals surface area contributed by atoms with Crippen LogP contribution in [0.4, 0.5) is 0 Å². The zero-order valence-electron chi connectivity index (χ0n) is 12.4. The van der Waals surface area contributed by atoms with E-state index in [-0.39, 0.29) is 0 Å². The van der Waals surface area contributed by atoms with E-state index in [0.29, 0.717) is 18.2 Å². The minimum atomic E-state index is 0.505. The fourth-order valence-corrected chi connectivity index (χ4v) is 3.33. The zero-order valence-corrected chi connectivity index (χ0v) is 12.4. The SMILES string of the molecule is COC1CC(NC2CCN(Cc3ccccc3)CC2)C1. The largest absolute Gasteiger partial charge is 0.381 e. The number of nitrogens with one attached hydrogen (secondary N) is 1. The van der Waals surface area contributed by atoms with Crippen molar-refractivity contribution in [2.75, 3.05) is 20.2 Å². The average molecular weight is 274 g/mol. The van der Waals surface area contributed by atoms with Gasteiger partial charge in [-0.2, -0.15) is 0 Å². The van der Waals surface area contributed by atoms with E-state index in [0.717, 1.165) is 6.54 Å². The Balaban J connectivity index is 1.37. The van der Waals surface area contributed by atoms with Crippen molar-refractivity contribution >= 4 is 0 Å². The van der Waals surface area contributed by atoms with Crippen molar-refractivity contribution in [2.24, 2.45) is 0 Å². The highest BCUT2D eigenvalue weighted by atomic mass is 16.5. The Labute approximate surface area is 122 Å². The van der Waals surface area contributed by atoms with E-state index in [1.165, 1.54) is 44.3 Å². The molecule has 0 unspecified atom stereocenters. The maximum atomic E-state index is 5.34. The number of likely N-dealkylation sites (tertiary alicyclic amines) is 1. The van der Waals surface area contributed by atoms with Gasteiger partial charge in [0.15, 0.2) is 0 Å². The molecule has 0 aromatic heterocycles. The van der Waals surface area contributed by atoms with Crippen LogP contribution < -0.4 is 5.32 Å². The van der Waals surface area contributed by atoms with Crippen molar-refractivity contribution in [3.05, 3.63) is 35.9 Å². The summed E-state index contributed by atoms with van der Waals surface area (Å²) < 4.78 is 5.34. The molecule has 2 aliphatic rings. The first kappa shape index (κ1) is 14.1. The second-order valence-corrected chi connectivity index (χ2v) is 6.23.